The molecule has 30 heavy (non-hydrogen) atoms. The van der Waals surface area contributed by atoms with Crippen molar-refractivity contribution in [3.8, 4) is 11.1 Å². The molecule has 0 bridgehead atoms. The Morgan fingerprint density at radius 2 is 1.87 bits per heavy atom. The van der Waals surface area contributed by atoms with Crippen molar-refractivity contribution in [1.29, 1.82) is 0 Å². The fourth-order valence-corrected chi connectivity index (χ4v) is 6.44. The minimum absolute atomic E-state index is 0.0188. The van der Waals surface area contributed by atoms with E-state index in [-0.39, 0.29) is 11.7 Å². The number of hydrogen-bond donors (Lipinski definition) is 1. The van der Waals surface area contributed by atoms with Gasteiger partial charge in [0, 0.05) is 25.5 Å². The second kappa shape index (κ2) is 8.83. The average molecular weight is 430 g/mol. The van der Waals surface area contributed by atoms with Gasteiger partial charge in [-0.05, 0) is 65.6 Å². The molecule has 160 valence electrons. The molecule has 0 spiro atoms. The van der Waals surface area contributed by atoms with Gasteiger partial charge in [0.05, 0.1) is 11.8 Å². The molecular formula is C22H27N3O4S. The van der Waals surface area contributed by atoms with E-state index < -0.39 is 16.1 Å². The Morgan fingerprint density at radius 1 is 1.13 bits per heavy atom. The van der Waals surface area contributed by atoms with Crippen molar-refractivity contribution < 1.29 is 18.4 Å². The number of fused-ring (bicyclic) bond motifs is 1. The number of sulfonamides is 1. The van der Waals surface area contributed by atoms with E-state index in [9.17, 15) is 18.4 Å². The van der Waals surface area contributed by atoms with Gasteiger partial charge in [0.1, 0.15) is 0 Å². The number of rotatable bonds is 7. The summed E-state index contributed by atoms with van der Waals surface area (Å²) in [4.78, 5) is 15.2. The monoisotopic (exact) mass is 429 g/mol. The van der Waals surface area contributed by atoms with E-state index in [0.29, 0.717) is 31.0 Å². The average Bonchev–Trinajstić information content (AvgIpc) is 3.31. The molecule has 1 amide bonds. The van der Waals surface area contributed by atoms with Crippen molar-refractivity contribution in [1.82, 2.24) is 14.4 Å². The van der Waals surface area contributed by atoms with Crippen molar-refractivity contribution in [3.05, 3.63) is 53.9 Å². The molecule has 1 N–H and O–H groups in total. The third kappa shape index (κ3) is 4.40. The molecule has 0 saturated heterocycles. The highest BCUT2D eigenvalue weighted by Gasteiger charge is 2.36. The number of pyridine rings is 1. The first-order valence-corrected chi connectivity index (χ1v) is 12.0. The van der Waals surface area contributed by atoms with E-state index in [4.69, 9.17) is 0 Å². The fraction of sp³-hybridized carbons (Fsp3) is 0.455. The molecule has 1 aromatic carbocycles. The summed E-state index contributed by atoms with van der Waals surface area (Å²) in [5.74, 6) is -0.225. The zero-order valence-electron chi connectivity index (χ0n) is 16.9. The van der Waals surface area contributed by atoms with E-state index in [0.717, 1.165) is 47.9 Å². The van der Waals surface area contributed by atoms with Crippen LogP contribution < -0.4 is 0 Å². The van der Waals surface area contributed by atoms with Crippen molar-refractivity contribution in [2.24, 2.45) is 5.92 Å². The van der Waals surface area contributed by atoms with E-state index in [1.807, 2.05) is 18.2 Å². The van der Waals surface area contributed by atoms with Crippen molar-refractivity contribution in [2.45, 2.75) is 44.7 Å². The van der Waals surface area contributed by atoms with Crippen molar-refractivity contribution >= 4 is 16.4 Å². The first-order valence-electron chi connectivity index (χ1n) is 10.4. The van der Waals surface area contributed by atoms with E-state index in [1.54, 1.807) is 12.4 Å². The summed E-state index contributed by atoms with van der Waals surface area (Å²) >= 11 is 0. The SMILES string of the molecule is O=CN(O)C(CS(=O)(=O)N1CCc2ccc(-c3ccncc3)cc2C1)C1CCCC1. The maximum Gasteiger partial charge on any atom is 0.233 e. The molecule has 2 aliphatic rings. The molecule has 1 unspecified atom stereocenters. The lowest BCUT2D eigenvalue weighted by Crippen LogP contribution is -2.47. The van der Waals surface area contributed by atoms with Crippen LogP contribution in [0.2, 0.25) is 0 Å². The largest absolute Gasteiger partial charge is 0.286 e. The quantitative estimate of drug-likeness (QED) is 0.415. The standard InChI is InChI=1S/C22H27N3O4S/c26-16-25(27)22(19-3-1-2-4-19)15-30(28,29)24-12-9-17-5-6-20(13-21(17)14-24)18-7-10-23-11-8-18/h5-8,10-11,13,16,19,22,27H,1-4,9,12,14-15H2. The van der Waals surface area contributed by atoms with E-state index in [1.165, 1.54) is 4.31 Å². The predicted octanol–water partition coefficient (Wildman–Crippen LogP) is 2.84. The van der Waals surface area contributed by atoms with Crippen LogP contribution >= 0.6 is 0 Å². The number of carbonyl (C=O) groups excluding carboxylic acids is 1. The van der Waals surface area contributed by atoms with Crippen LogP contribution in [0.5, 0.6) is 0 Å². The maximum absolute atomic E-state index is 13.2. The zero-order chi connectivity index (χ0) is 21.1. The van der Waals surface area contributed by atoms with Gasteiger partial charge in [-0.2, -0.15) is 4.31 Å². The van der Waals surface area contributed by atoms with Crippen LogP contribution in [0, 0.1) is 5.92 Å². The summed E-state index contributed by atoms with van der Waals surface area (Å²) in [6.45, 7) is 0.717. The lowest BCUT2D eigenvalue weighted by atomic mass is 9.96. The topological polar surface area (TPSA) is 90.8 Å². The molecule has 0 radical (unpaired) electrons. The number of carbonyl (C=O) groups is 1. The van der Waals surface area contributed by atoms with Gasteiger partial charge in [0.25, 0.3) is 0 Å². The minimum Gasteiger partial charge on any atom is -0.286 e. The van der Waals surface area contributed by atoms with Gasteiger partial charge in [0.2, 0.25) is 16.4 Å². The summed E-state index contributed by atoms with van der Waals surface area (Å²) in [5, 5.41) is 10.6. The molecule has 1 atom stereocenters. The number of amides is 1. The lowest BCUT2D eigenvalue weighted by molar-refractivity contribution is -0.162. The number of hydroxylamine groups is 2. The molecule has 8 heteroatoms. The van der Waals surface area contributed by atoms with Crippen LogP contribution in [-0.2, 0) is 27.8 Å². The third-order valence-electron chi connectivity index (χ3n) is 6.36. The van der Waals surface area contributed by atoms with Crippen LogP contribution in [0.25, 0.3) is 11.1 Å². The summed E-state index contributed by atoms with van der Waals surface area (Å²) in [6, 6.07) is 9.34. The maximum atomic E-state index is 13.2. The first kappa shape index (κ1) is 21.0. The number of benzene rings is 1. The molecule has 1 saturated carbocycles. The third-order valence-corrected chi connectivity index (χ3v) is 8.22. The van der Waals surface area contributed by atoms with E-state index in [2.05, 4.69) is 17.1 Å². The molecule has 1 aliphatic carbocycles. The highest BCUT2D eigenvalue weighted by atomic mass is 32.2. The fourth-order valence-electron chi connectivity index (χ4n) is 4.66. The van der Waals surface area contributed by atoms with Crippen molar-refractivity contribution in [2.75, 3.05) is 12.3 Å². The van der Waals surface area contributed by atoms with Gasteiger partial charge >= 0.3 is 0 Å². The molecule has 2 aromatic rings. The van der Waals surface area contributed by atoms with Crippen molar-refractivity contribution in [3.63, 3.8) is 0 Å². The summed E-state index contributed by atoms with van der Waals surface area (Å²) in [5.41, 5.74) is 4.22. The Labute approximate surface area is 177 Å². The number of nitrogens with zero attached hydrogens (tertiary/aromatic N) is 3. The molecule has 1 aromatic heterocycles. The van der Waals surface area contributed by atoms with Gasteiger partial charge in [-0.3, -0.25) is 15.0 Å². The molecule has 7 nitrogen and oxygen atoms in total. The summed E-state index contributed by atoms with van der Waals surface area (Å²) in [7, 11) is -3.63. The van der Waals surface area contributed by atoms with Gasteiger partial charge in [-0.1, -0.05) is 25.0 Å². The molecule has 1 aliphatic heterocycles. The first-order chi connectivity index (χ1) is 14.5. The second-order valence-electron chi connectivity index (χ2n) is 8.18. The Morgan fingerprint density at radius 3 is 2.57 bits per heavy atom. The van der Waals surface area contributed by atoms with Gasteiger partial charge < -0.3 is 0 Å². The zero-order valence-corrected chi connectivity index (χ0v) is 17.7. The van der Waals surface area contributed by atoms with Crippen LogP contribution in [-0.4, -0.2) is 52.7 Å². The van der Waals surface area contributed by atoms with Crippen LogP contribution in [0.15, 0.2) is 42.7 Å². The highest BCUT2D eigenvalue weighted by molar-refractivity contribution is 7.89. The van der Waals surface area contributed by atoms with Gasteiger partial charge in [-0.25, -0.2) is 13.5 Å². The minimum atomic E-state index is -3.63. The van der Waals surface area contributed by atoms with E-state index >= 15 is 0 Å². The predicted molar refractivity (Wildman–Crippen MR) is 113 cm³/mol. The van der Waals surface area contributed by atoms with Crippen LogP contribution in [0.1, 0.15) is 36.8 Å². The molecule has 4 rings (SSSR count). The highest BCUT2D eigenvalue weighted by Crippen LogP contribution is 2.32. The lowest BCUT2D eigenvalue weighted by Gasteiger charge is -2.33. The molecule has 1 fully saturated rings. The van der Waals surface area contributed by atoms with Gasteiger partial charge in [0.15, 0.2) is 0 Å². The number of hydrogen-bond acceptors (Lipinski definition) is 5. The Kier molecular flexibility index (Phi) is 6.17. The number of aromatic nitrogens is 1. The normalized spacial score (nSPS) is 18.7. The van der Waals surface area contributed by atoms with Crippen LogP contribution in [0.4, 0.5) is 0 Å². The summed E-state index contributed by atoms with van der Waals surface area (Å²) in [6.07, 6.45) is 8.13. The summed E-state index contributed by atoms with van der Waals surface area (Å²) < 4.78 is 27.9. The smallest absolute Gasteiger partial charge is 0.233 e. The Hall–Kier alpha value is -2.29. The molecule has 2 heterocycles. The van der Waals surface area contributed by atoms with Crippen LogP contribution in [0.3, 0.4) is 0 Å². The van der Waals surface area contributed by atoms with Gasteiger partial charge in [-0.15, -0.1) is 0 Å². The Balaban J connectivity index is 1.54. The Bertz CT molecular complexity index is 991. The molecular weight excluding hydrogens is 402 g/mol. The second-order valence-corrected chi connectivity index (χ2v) is 10.2.